The maximum atomic E-state index is 10.5. The van der Waals surface area contributed by atoms with Crippen molar-refractivity contribution in [1.29, 1.82) is 0 Å². The van der Waals surface area contributed by atoms with Gasteiger partial charge in [0.15, 0.2) is 6.29 Å². The highest BCUT2D eigenvalue weighted by Gasteiger charge is 2.03. The van der Waals surface area contributed by atoms with Crippen LogP contribution in [0.2, 0.25) is 5.02 Å². The zero-order valence-electron chi connectivity index (χ0n) is 7.94. The average molecular weight is 237 g/mol. The smallest absolute Gasteiger partial charge is 0.160 e. The summed E-state index contributed by atoms with van der Waals surface area (Å²) in [6.45, 7) is 0. The Hall–Kier alpha value is -1.12. The third-order valence-corrected chi connectivity index (χ3v) is 3.42. The third-order valence-electron chi connectivity index (χ3n) is 2.14. The zero-order chi connectivity index (χ0) is 10.7. The van der Waals surface area contributed by atoms with Crippen molar-refractivity contribution in [2.24, 2.45) is 0 Å². The molecule has 0 saturated carbocycles. The van der Waals surface area contributed by atoms with Crippen molar-refractivity contribution in [2.45, 2.75) is 6.42 Å². The summed E-state index contributed by atoms with van der Waals surface area (Å²) < 4.78 is 0. The molecule has 1 aromatic heterocycles. The lowest BCUT2D eigenvalue weighted by Gasteiger charge is -2.01. The Labute approximate surface area is 97.3 Å². The molecule has 0 aliphatic carbocycles. The Morgan fingerprint density at radius 2 is 2.13 bits per heavy atom. The number of halogens is 1. The number of carbonyl (C=O) groups excluding carboxylic acids is 1. The van der Waals surface area contributed by atoms with Crippen molar-refractivity contribution in [3.63, 3.8) is 0 Å². The maximum Gasteiger partial charge on any atom is 0.160 e. The van der Waals surface area contributed by atoms with E-state index in [1.165, 1.54) is 11.3 Å². The van der Waals surface area contributed by atoms with E-state index in [0.29, 0.717) is 0 Å². The maximum absolute atomic E-state index is 10.5. The molecule has 0 fully saturated rings. The second kappa shape index (κ2) is 4.60. The summed E-state index contributed by atoms with van der Waals surface area (Å²) in [5.41, 5.74) is 2.23. The van der Waals surface area contributed by atoms with Crippen LogP contribution < -0.4 is 0 Å². The van der Waals surface area contributed by atoms with Gasteiger partial charge in [0.2, 0.25) is 0 Å². The van der Waals surface area contributed by atoms with Gasteiger partial charge in [-0.3, -0.25) is 4.79 Å². The minimum Gasteiger partial charge on any atom is -0.297 e. The van der Waals surface area contributed by atoms with E-state index in [0.717, 1.165) is 33.7 Å². The molecule has 0 amide bonds. The summed E-state index contributed by atoms with van der Waals surface area (Å²) in [4.78, 5) is 11.3. The van der Waals surface area contributed by atoms with Gasteiger partial charge in [-0.05, 0) is 35.1 Å². The largest absolute Gasteiger partial charge is 0.297 e. The summed E-state index contributed by atoms with van der Waals surface area (Å²) in [6.07, 6.45) is 1.66. The van der Waals surface area contributed by atoms with Crippen molar-refractivity contribution >= 4 is 29.2 Å². The molecule has 2 aromatic rings. The van der Waals surface area contributed by atoms with Gasteiger partial charge < -0.3 is 0 Å². The standard InChI is InChI=1S/C12H9ClOS/c13-12-4-2-1-3-10(12)5-9-6-11(7-14)15-8-9/h1-4,6-8H,5H2. The van der Waals surface area contributed by atoms with Crippen LogP contribution in [0.5, 0.6) is 0 Å². The molecule has 76 valence electrons. The van der Waals surface area contributed by atoms with Crippen LogP contribution in [-0.4, -0.2) is 6.29 Å². The molecule has 0 aliphatic heterocycles. The Morgan fingerprint density at radius 3 is 2.80 bits per heavy atom. The predicted octanol–water partition coefficient (Wildman–Crippen LogP) is 3.80. The topological polar surface area (TPSA) is 17.1 Å². The minimum atomic E-state index is 0.761. The molecule has 0 aliphatic rings. The van der Waals surface area contributed by atoms with Gasteiger partial charge in [0, 0.05) is 5.02 Å². The number of rotatable bonds is 3. The van der Waals surface area contributed by atoms with Crippen LogP contribution in [0.3, 0.4) is 0 Å². The molecule has 1 heterocycles. The second-order valence-electron chi connectivity index (χ2n) is 3.24. The highest BCUT2D eigenvalue weighted by Crippen LogP contribution is 2.21. The van der Waals surface area contributed by atoms with Crippen LogP contribution in [0.15, 0.2) is 35.7 Å². The molecular formula is C12H9ClOS. The quantitative estimate of drug-likeness (QED) is 0.741. The normalized spacial score (nSPS) is 10.2. The summed E-state index contributed by atoms with van der Waals surface area (Å²) in [5.74, 6) is 0. The summed E-state index contributed by atoms with van der Waals surface area (Å²) >= 11 is 7.51. The lowest BCUT2D eigenvalue weighted by Crippen LogP contribution is -1.86. The average Bonchev–Trinajstić information content (AvgIpc) is 2.69. The molecule has 1 nitrogen and oxygen atoms in total. The van der Waals surface area contributed by atoms with Crippen molar-refractivity contribution in [1.82, 2.24) is 0 Å². The summed E-state index contributed by atoms with van der Waals surface area (Å²) in [6, 6.07) is 9.66. The molecule has 0 unspecified atom stereocenters. The molecule has 0 N–H and O–H groups in total. The van der Waals surface area contributed by atoms with Gasteiger partial charge in [0.05, 0.1) is 4.88 Å². The number of carbonyl (C=O) groups is 1. The Balaban J connectivity index is 2.22. The van der Waals surface area contributed by atoms with Crippen molar-refractivity contribution < 1.29 is 4.79 Å². The first-order valence-corrected chi connectivity index (χ1v) is 5.81. The van der Waals surface area contributed by atoms with Crippen molar-refractivity contribution in [3.8, 4) is 0 Å². The van der Waals surface area contributed by atoms with Crippen LogP contribution in [0.4, 0.5) is 0 Å². The number of hydrogen-bond acceptors (Lipinski definition) is 2. The van der Waals surface area contributed by atoms with Gasteiger partial charge in [-0.2, -0.15) is 0 Å². The number of hydrogen-bond donors (Lipinski definition) is 0. The monoisotopic (exact) mass is 236 g/mol. The molecule has 15 heavy (non-hydrogen) atoms. The van der Waals surface area contributed by atoms with Crippen molar-refractivity contribution in [3.05, 3.63) is 56.7 Å². The van der Waals surface area contributed by atoms with E-state index in [4.69, 9.17) is 11.6 Å². The summed E-state index contributed by atoms with van der Waals surface area (Å²) in [5, 5.41) is 2.77. The molecular weight excluding hydrogens is 228 g/mol. The highest BCUT2D eigenvalue weighted by molar-refractivity contribution is 7.11. The molecule has 0 bridgehead atoms. The van der Waals surface area contributed by atoms with Gasteiger partial charge in [-0.1, -0.05) is 29.8 Å². The molecule has 0 spiro atoms. The molecule has 1 aromatic carbocycles. The van der Waals surface area contributed by atoms with Gasteiger partial charge in [0.1, 0.15) is 0 Å². The first-order valence-electron chi connectivity index (χ1n) is 4.55. The first kappa shape index (κ1) is 10.4. The zero-order valence-corrected chi connectivity index (χ0v) is 9.52. The fourth-order valence-corrected chi connectivity index (χ4v) is 2.33. The van der Waals surface area contributed by atoms with E-state index >= 15 is 0 Å². The molecule has 0 radical (unpaired) electrons. The Kier molecular flexibility index (Phi) is 3.19. The van der Waals surface area contributed by atoms with E-state index < -0.39 is 0 Å². The van der Waals surface area contributed by atoms with Crippen LogP contribution in [0, 0.1) is 0 Å². The number of benzene rings is 1. The van der Waals surface area contributed by atoms with Crippen molar-refractivity contribution in [2.75, 3.05) is 0 Å². The van der Waals surface area contributed by atoms with Crippen LogP contribution >= 0.6 is 22.9 Å². The molecule has 0 atom stereocenters. The van der Waals surface area contributed by atoms with Gasteiger partial charge >= 0.3 is 0 Å². The lowest BCUT2D eigenvalue weighted by molar-refractivity contribution is 0.112. The number of aldehydes is 1. The van der Waals surface area contributed by atoms with E-state index in [1.807, 2.05) is 35.7 Å². The highest BCUT2D eigenvalue weighted by atomic mass is 35.5. The number of thiophene rings is 1. The molecule has 3 heteroatoms. The van der Waals surface area contributed by atoms with E-state index in [9.17, 15) is 4.79 Å². The van der Waals surface area contributed by atoms with E-state index in [-0.39, 0.29) is 0 Å². The van der Waals surface area contributed by atoms with Gasteiger partial charge in [-0.15, -0.1) is 11.3 Å². The van der Waals surface area contributed by atoms with Crippen LogP contribution in [0.25, 0.3) is 0 Å². The third kappa shape index (κ3) is 2.46. The van der Waals surface area contributed by atoms with Gasteiger partial charge in [-0.25, -0.2) is 0 Å². The molecule has 0 saturated heterocycles. The fourth-order valence-electron chi connectivity index (χ4n) is 1.41. The second-order valence-corrected chi connectivity index (χ2v) is 4.59. The SMILES string of the molecule is O=Cc1cc(Cc2ccccc2Cl)cs1. The molecule has 2 rings (SSSR count). The summed E-state index contributed by atoms with van der Waals surface area (Å²) in [7, 11) is 0. The van der Waals surface area contributed by atoms with Crippen LogP contribution in [-0.2, 0) is 6.42 Å². The Morgan fingerprint density at radius 1 is 1.33 bits per heavy atom. The lowest BCUT2D eigenvalue weighted by atomic mass is 10.1. The Bertz CT molecular complexity index is 476. The van der Waals surface area contributed by atoms with Gasteiger partial charge in [0.25, 0.3) is 0 Å². The van der Waals surface area contributed by atoms with E-state index in [2.05, 4.69) is 0 Å². The fraction of sp³-hybridized carbons (Fsp3) is 0.0833. The predicted molar refractivity (Wildman–Crippen MR) is 64.0 cm³/mol. The van der Waals surface area contributed by atoms with Crippen LogP contribution in [0.1, 0.15) is 20.8 Å². The van der Waals surface area contributed by atoms with E-state index in [1.54, 1.807) is 0 Å². The first-order chi connectivity index (χ1) is 7.29. The minimum absolute atomic E-state index is 0.761.